The van der Waals surface area contributed by atoms with Crippen molar-refractivity contribution in [2.75, 3.05) is 26.8 Å². The number of nitrogens with one attached hydrogen (secondary N) is 1. The van der Waals surface area contributed by atoms with E-state index in [1.807, 2.05) is 20.8 Å². The molecule has 6 nitrogen and oxygen atoms in total. The van der Waals surface area contributed by atoms with Crippen LogP contribution in [-0.4, -0.2) is 55.3 Å². The van der Waals surface area contributed by atoms with Crippen LogP contribution in [0.1, 0.15) is 40.5 Å². The highest BCUT2D eigenvalue weighted by Gasteiger charge is 2.30. The average molecular weight is 300 g/mol. The Bertz CT molecular complexity index is 365. The molecule has 0 aromatic carbocycles. The molecule has 1 aliphatic heterocycles. The molecule has 0 unspecified atom stereocenters. The van der Waals surface area contributed by atoms with Crippen molar-refractivity contribution in [3.05, 3.63) is 0 Å². The summed E-state index contributed by atoms with van der Waals surface area (Å²) >= 11 is 0. The molecule has 0 bridgehead atoms. The Morgan fingerprint density at radius 3 is 2.57 bits per heavy atom. The lowest BCUT2D eigenvalue weighted by atomic mass is 9.92. The van der Waals surface area contributed by atoms with Crippen LogP contribution in [0.4, 0.5) is 4.79 Å². The molecule has 1 aliphatic rings. The summed E-state index contributed by atoms with van der Waals surface area (Å²) in [6.45, 7) is 8.84. The number of alkyl carbamates (subject to hydrolysis) is 1. The van der Waals surface area contributed by atoms with Crippen LogP contribution in [0.25, 0.3) is 0 Å². The van der Waals surface area contributed by atoms with Crippen molar-refractivity contribution in [3.63, 3.8) is 0 Å². The summed E-state index contributed by atoms with van der Waals surface area (Å²) < 4.78 is 10.1. The van der Waals surface area contributed by atoms with Crippen LogP contribution in [0, 0.1) is 5.92 Å². The second-order valence-electron chi connectivity index (χ2n) is 6.69. The highest BCUT2D eigenvalue weighted by Crippen LogP contribution is 2.22. The molecule has 0 aromatic rings. The van der Waals surface area contributed by atoms with E-state index in [1.165, 1.54) is 7.11 Å². The van der Waals surface area contributed by atoms with Gasteiger partial charge in [0, 0.05) is 26.2 Å². The van der Waals surface area contributed by atoms with Gasteiger partial charge in [-0.2, -0.15) is 0 Å². The molecule has 1 heterocycles. The van der Waals surface area contributed by atoms with Gasteiger partial charge in [-0.25, -0.2) is 4.79 Å². The third kappa shape index (κ3) is 6.33. The first-order valence-electron chi connectivity index (χ1n) is 7.48. The lowest BCUT2D eigenvalue weighted by Gasteiger charge is -2.38. The Labute approximate surface area is 127 Å². The molecule has 2 amide bonds. The molecule has 21 heavy (non-hydrogen) atoms. The van der Waals surface area contributed by atoms with Crippen LogP contribution in [0.2, 0.25) is 0 Å². The van der Waals surface area contributed by atoms with Crippen LogP contribution in [0.15, 0.2) is 0 Å². The van der Waals surface area contributed by atoms with Gasteiger partial charge in [-0.05, 0) is 39.5 Å². The molecule has 1 fully saturated rings. The Morgan fingerprint density at radius 1 is 1.33 bits per heavy atom. The molecule has 2 atom stereocenters. The average Bonchev–Trinajstić information content (AvgIpc) is 2.34. The predicted octanol–water partition coefficient (Wildman–Crippen LogP) is 1.78. The van der Waals surface area contributed by atoms with Gasteiger partial charge in [0.2, 0.25) is 5.91 Å². The van der Waals surface area contributed by atoms with Crippen molar-refractivity contribution in [1.29, 1.82) is 0 Å². The molecular formula is C15H28N2O4. The number of nitrogens with zero attached hydrogens (tertiary/aromatic N) is 1. The third-order valence-corrected chi connectivity index (χ3v) is 3.45. The minimum absolute atomic E-state index is 0.00363. The third-order valence-electron chi connectivity index (χ3n) is 3.45. The van der Waals surface area contributed by atoms with Crippen LogP contribution >= 0.6 is 0 Å². The van der Waals surface area contributed by atoms with E-state index in [1.54, 1.807) is 4.90 Å². The Kier molecular flexibility index (Phi) is 6.45. The monoisotopic (exact) mass is 300 g/mol. The number of hydrogen-bond donors (Lipinski definition) is 1. The van der Waals surface area contributed by atoms with E-state index in [2.05, 4.69) is 12.2 Å². The van der Waals surface area contributed by atoms with Gasteiger partial charge in [-0.1, -0.05) is 6.92 Å². The fourth-order valence-electron chi connectivity index (χ4n) is 2.50. The first kappa shape index (κ1) is 17.8. The number of likely N-dealkylation sites (tertiary alicyclic amines) is 1. The summed E-state index contributed by atoms with van der Waals surface area (Å²) in [4.78, 5) is 25.6. The molecule has 0 saturated carbocycles. The maximum Gasteiger partial charge on any atom is 0.407 e. The zero-order valence-corrected chi connectivity index (χ0v) is 13.8. The molecule has 6 heteroatoms. The number of hydrogen-bond acceptors (Lipinski definition) is 4. The van der Waals surface area contributed by atoms with E-state index in [-0.39, 0.29) is 18.6 Å². The van der Waals surface area contributed by atoms with Gasteiger partial charge in [-0.15, -0.1) is 0 Å². The largest absolute Gasteiger partial charge is 0.444 e. The van der Waals surface area contributed by atoms with Gasteiger partial charge in [0.15, 0.2) is 0 Å². The molecular weight excluding hydrogens is 272 g/mol. The van der Waals surface area contributed by atoms with Crippen molar-refractivity contribution in [3.8, 4) is 0 Å². The summed E-state index contributed by atoms with van der Waals surface area (Å²) in [6, 6.07) is 0.00363. The van der Waals surface area contributed by atoms with Crippen molar-refractivity contribution < 1.29 is 19.1 Å². The maximum absolute atomic E-state index is 12.0. The van der Waals surface area contributed by atoms with E-state index in [9.17, 15) is 9.59 Å². The highest BCUT2D eigenvalue weighted by atomic mass is 16.6. The molecule has 0 radical (unpaired) electrons. The second kappa shape index (κ2) is 7.64. The summed E-state index contributed by atoms with van der Waals surface area (Å²) in [6.07, 6.45) is 1.42. The Balaban J connectivity index is 2.55. The van der Waals surface area contributed by atoms with Gasteiger partial charge >= 0.3 is 6.09 Å². The molecule has 1 saturated heterocycles. The van der Waals surface area contributed by atoms with Gasteiger partial charge in [-0.3, -0.25) is 4.79 Å². The smallest absolute Gasteiger partial charge is 0.407 e. The molecule has 0 aromatic heterocycles. The van der Waals surface area contributed by atoms with Crippen LogP contribution < -0.4 is 5.32 Å². The van der Waals surface area contributed by atoms with E-state index in [4.69, 9.17) is 9.47 Å². The van der Waals surface area contributed by atoms with Crippen molar-refractivity contribution >= 4 is 12.0 Å². The van der Waals surface area contributed by atoms with E-state index in [0.717, 1.165) is 12.8 Å². The number of piperidine rings is 1. The molecule has 122 valence electrons. The topological polar surface area (TPSA) is 67.9 Å². The first-order chi connectivity index (χ1) is 9.73. The summed E-state index contributed by atoms with van der Waals surface area (Å²) in [5, 5.41) is 2.76. The minimum atomic E-state index is -0.518. The van der Waals surface area contributed by atoms with Gasteiger partial charge in [0.05, 0.1) is 0 Å². The van der Waals surface area contributed by atoms with E-state index < -0.39 is 11.7 Å². The molecule has 0 aliphatic carbocycles. The van der Waals surface area contributed by atoms with Gasteiger partial charge in [0.1, 0.15) is 12.2 Å². The second-order valence-corrected chi connectivity index (χ2v) is 6.69. The molecule has 1 N–H and O–H groups in total. The predicted molar refractivity (Wildman–Crippen MR) is 80.0 cm³/mol. The number of carbonyl (C=O) groups excluding carboxylic acids is 2. The molecule has 1 rings (SSSR count). The Morgan fingerprint density at radius 2 is 2.00 bits per heavy atom. The van der Waals surface area contributed by atoms with Gasteiger partial charge in [0.25, 0.3) is 0 Å². The lowest BCUT2D eigenvalue weighted by molar-refractivity contribution is -0.139. The number of methoxy groups -OCH3 is 1. The number of ether oxygens (including phenoxy) is 2. The van der Waals surface area contributed by atoms with E-state index in [0.29, 0.717) is 19.0 Å². The number of rotatable bonds is 4. The van der Waals surface area contributed by atoms with Gasteiger partial charge < -0.3 is 19.7 Å². The minimum Gasteiger partial charge on any atom is -0.444 e. The zero-order chi connectivity index (χ0) is 16.0. The normalized spacial score (nSPS) is 22.8. The van der Waals surface area contributed by atoms with Crippen LogP contribution in [0.5, 0.6) is 0 Å². The number of amides is 2. The summed E-state index contributed by atoms with van der Waals surface area (Å²) in [5.74, 6) is 0.516. The van der Waals surface area contributed by atoms with Crippen LogP contribution in [-0.2, 0) is 14.3 Å². The van der Waals surface area contributed by atoms with Crippen LogP contribution in [0.3, 0.4) is 0 Å². The van der Waals surface area contributed by atoms with Crippen molar-refractivity contribution in [2.24, 2.45) is 5.92 Å². The fourth-order valence-corrected chi connectivity index (χ4v) is 2.50. The first-order valence-corrected chi connectivity index (χ1v) is 7.48. The van der Waals surface area contributed by atoms with E-state index >= 15 is 0 Å². The quantitative estimate of drug-likeness (QED) is 0.859. The lowest BCUT2D eigenvalue weighted by Crippen LogP contribution is -2.52. The molecule has 0 spiro atoms. The highest BCUT2D eigenvalue weighted by molar-refractivity contribution is 5.78. The van der Waals surface area contributed by atoms with Crippen molar-refractivity contribution in [2.45, 2.75) is 52.2 Å². The SMILES string of the molecule is COCC(=O)N1CC[C@@H](C)C[C@@H]1CNC(=O)OC(C)(C)C. The maximum atomic E-state index is 12.0. The van der Waals surface area contributed by atoms with Crippen molar-refractivity contribution in [1.82, 2.24) is 10.2 Å². The zero-order valence-electron chi connectivity index (χ0n) is 13.8. The number of carbonyl (C=O) groups is 2. The summed E-state index contributed by atoms with van der Waals surface area (Å²) in [7, 11) is 1.51. The fraction of sp³-hybridized carbons (Fsp3) is 0.867. The summed E-state index contributed by atoms with van der Waals surface area (Å²) in [5.41, 5.74) is -0.518. The standard InChI is InChI=1S/C15H28N2O4/c1-11-6-7-17(13(18)10-20-5)12(8-11)9-16-14(19)21-15(2,3)4/h11-12H,6-10H2,1-5H3,(H,16,19)/t11-,12-/m1/s1. The Hall–Kier alpha value is -1.30.